The molecule has 2 aromatic rings. The first-order valence-corrected chi connectivity index (χ1v) is 16.1. The second-order valence-corrected chi connectivity index (χ2v) is 13.1. The number of hydrogen-bond acceptors (Lipinski definition) is 7. The van der Waals surface area contributed by atoms with Crippen LogP contribution < -0.4 is 9.46 Å². The van der Waals surface area contributed by atoms with E-state index in [4.69, 9.17) is 18.9 Å². The lowest BCUT2D eigenvalue weighted by molar-refractivity contribution is -0.180. The van der Waals surface area contributed by atoms with Crippen LogP contribution in [0, 0.1) is 11.8 Å². The average molecular weight is 599 g/mol. The number of ether oxygens (including phenoxy) is 4. The molecule has 1 saturated heterocycles. The lowest BCUT2D eigenvalue weighted by Crippen LogP contribution is -2.35. The highest BCUT2D eigenvalue weighted by molar-refractivity contribution is 7.89. The van der Waals surface area contributed by atoms with Gasteiger partial charge < -0.3 is 23.8 Å². The number of hydrogen-bond donors (Lipinski definition) is 1. The number of carbonyl (C=O) groups excluding carboxylic acids is 1. The van der Waals surface area contributed by atoms with Gasteiger partial charge in [-0.05, 0) is 62.6 Å². The number of nitrogens with zero attached hydrogens (tertiary/aromatic N) is 1. The number of carbonyl (C=O) groups is 1. The Hall–Kier alpha value is -3.10. The zero-order valence-corrected chi connectivity index (χ0v) is 25.8. The first kappa shape index (κ1) is 31.8. The van der Waals surface area contributed by atoms with Crippen LogP contribution in [0.15, 0.2) is 47.4 Å². The van der Waals surface area contributed by atoms with E-state index in [9.17, 15) is 13.2 Å². The third kappa shape index (κ3) is 9.20. The van der Waals surface area contributed by atoms with E-state index in [2.05, 4.69) is 16.6 Å². The van der Waals surface area contributed by atoms with Gasteiger partial charge in [-0.15, -0.1) is 0 Å². The quantitative estimate of drug-likeness (QED) is 0.239. The van der Waals surface area contributed by atoms with Gasteiger partial charge >= 0.3 is 6.09 Å². The lowest BCUT2D eigenvalue weighted by Gasteiger charge is -2.32. The van der Waals surface area contributed by atoms with Crippen LogP contribution >= 0.6 is 0 Å². The summed E-state index contributed by atoms with van der Waals surface area (Å²) in [6.07, 6.45) is 3.90. The highest BCUT2D eigenvalue weighted by atomic mass is 32.2. The smallest absolute Gasteiger partial charge is 0.410 e. The zero-order chi connectivity index (χ0) is 30.2. The molecular formula is C32H42N2O7S. The minimum atomic E-state index is -3.54. The first-order valence-electron chi connectivity index (χ1n) is 14.6. The molecule has 4 rings (SSSR count). The molecule has 0 bridgehead atoms. The highest BCUT2D eigenvalue weighted by Gasteiger charge is 2.33. The molecule has 0 unspecified atom stereocenters. The van der Waals surface area contributed by atoms with Crippen molar-refractivity contribution in [3.8, 4) is 17.6 Å². The Bertz CT molecular complexity index is 1400. The number of unbranched alkanes of at least 4 members (excludes halogenated alkanes) is 3. The van der Waals surface area contributed by atoms with Crippen LogP contribution in [0.25, 0.3) is 0 Å². The van der Waals surface area contributed by atoms with Crippen LogP contribution in [0.2, 0.25) is 0 Å². The van der Waals surface area contributed by atoms with Gasteiger partial charge in [0.25, 0.3) is 0 Å². The summed E-state index contributed by atoms with van der Waals surface area (Å²) in [5.74, 6) is 6.23. The fourth-order valence-corrected chi connectivity index (χ4v) is 6.09. The summed E-state index contributed by atoms with van der Waals surface area (Å²) >= 11 is 0. The summed E-state index contributed by atoms with van der Waals surface area (Å²) in [6, 6.07) is 12.4. The SMILES string of the molecule is CC(C)NS(=O)(=O)c1cccc(C#CCCOCCCCCCN2C[C@@H](c3ccc4c(c3)COC(C)(C)O4)OC2=O)c1. The number of fused-ring (bicyclic) bond motifs is 1. The van der Waals surface area contributed by atoms with Crippen LogP contribution in [0.1, 0.15) is 82.6 Å². The molecule has 2 aliphatic heterocycles. The Labute approximate surface area is 249 Å². The number of benzene rings is 2. The fourth-order valence-electron chi connectivity index (χ4n) is 4.79. The van der Waals surface area contributed by atoms with Gasteiger partial charge in [0.1, 0.15) is 11.9 Å². The minimum absolute atomic E-state index is 0.176. The third-order valence-corrected chi connectivity index (χ3v) is 8.54. The van der Waals surface area contributed by atoms with Gasteiger partial charge in [-0.1, -0.05) is 36.8 Å². The van der Waals surface area contributed by atoms with Crippen LogP contribution in [0.5, 0.6) is 5.75 Å². The molecule has 228 valence electrons. The molecule has 0 saturated carbocycles. The Morgan fingerprint density at radius 3 is 2.71 bits per heavy atom. The monoisotopic (exact) mass is 598 g/mol. The Balaban J connectivity index is 1.08. The second-order valence-electron chi connectivity index (χ2n) is 11.4. The van der Waals surface area contributed by atoms with E-state index >= 15 is 0 Å². The van der Waals surface area contributed by atoms with E-state index in [1.807, 2.05) is 32.0 Å². The van der Waals surface area contributed by atoms with Gasteiger partial charge in [0.05, 0.1) is 24.7 Å². The molecule has 9 nitrogen and oxygen atoms in total. The van der Waals surface area contributed by atoms with Crippen molar-refractivity contribution in [3.05, 3.63) is 59.2 Å². The maximum Gasteiger partial charge on any atom is 0.410 e. The van der Waals surface area contributed by atoms with E-state index in [1.54, 1.807) is 43.0 Å². The van der Waals surface area contributed by atoms with Crippen LogP contribution in [0.4, 0.5) is 4.79 Å². The standard InChI is InChI=1S/C32H42N2O7S/c1-24(2)33-42(36,37)28-14-11-13-25(20-28)12-7-10-19-38-18-9-6-5-8-17-34-22-30(40-31(34)35)26-15-16-29-27(21-26)23-39-32(3,4)41-29/h11,13-16,20-21,24,30,33H,5-6,8-10,17-19,22-23H2,1-4H3/t30-/m0/s1. The molecule has 10 heteroatoms. The van der Waals surface area contributed by atoms with Gasteiger partial charge in [-0.3, -0.25) is 0 Å². The van der Waals surface area contributed by atoms with Crippen molar-refractivity contribution >= 4 is 16.1 Å². The molecule has 0 radical (unpaired) electrons. The van der Waals surface area contributed by atoms with Crippen molar-refractivity contribution in [2.24, 2.45) is 0 Å². The minimum Gasteiger partial charge on any atom is -0.463 e. The molecule has 1 atom stereocenters. The molecule has 1 amide bonds. The van der Waals surface area contributed by atoms with Crippen molar-refractivity contribution in [1.82, 2.24) is 9.62 Å². The summed E-state index contributed by atoms with van der Waals surface area (Å²) in [4.78, 5) is 14.4. The summed E-state index contributed by atoms with van der Waals surface area (Å²) in [6.45, 7) is 10.2. The van der Waals surface area contributed by atoms with E-state index in [-0.39, 0.29) is 23.1 Å². The van der Waals surface area contributed by atoms with Crippen molar-refractivity contribution < 1.29 is 32.2 Å². The van der Waals surface area contributed by atoms with Gasteiger partial charge in [0, 0.05) is 50.6 Å². The number of rotatable bonds is 13. The fraction of sp³-hybridized carbons (Fsp3) is 0.531. The lowest BCUT2D eigenvalue weighted by atomic mass is 10.0. The van der Waals surface area contributed by atoms with Crippen LogP contribution in [-0.4, -0.2) is 57.5 Å². The zero-order valence-electron chi connectivity index (χ0n) is 25.0. The summed E-state index contributed by atoms with van der Waals surface area (Å²) in [7, 11) is -3.54. The molecule has 1 fully saturated rings. The topological polar surface area (TPSA) is 103 Å². The Morgan fingerprint density at radius 1 is 1.10 bits per heavy atom. The molecule has 2 aromatic carbocycles. The van der Waals surface area contributed by atoms with Crippen molar-refractivity contribution in [3.63, 3.8) is 0 Å². The van der Waals surface area contributed by atoms with E-state index in [0.717, 1.165) is 42.6 Å². The maximum absolute atomic E-state index is 12.4. The molecule has 0 aliphatic carbocycles. The van der Waals surface area contributed by atoms with Crippen molar-refractivity contribution in [2.45, 2.75) is 89.2 Å². The average Bonchev–Trinajstić information content (AvgIpc) is 3.30. The first-order chi connectivity index (χ1) is 20.0. The van der Waals surface area contributed by atoms with Gasteiger partial charge in [-0.2, -0.15) is 0 Å². The van der Waals surface area contributed by atoms with Gasteiger partial charge in [0.15, 0.2) is 0 Å². The second kappa shape index (κ2) is 14.4. The van der Waals surface area contributed by atoms with Crippen molar-refractivity contribution in [1.29, 1.82) is 0 Å². The molecule has 0 spiro atoms. The van der Waals surface area contributed by atoms with E-state index < -0.39 is 15.8 Å². The summed E-state index contributed by atoms with van der Waals surface area (Å²) in [5, 5.41) is 0. The molecular weight excluding hydrogens is 556 g/mol. The van der Waals surface area contributed by atoms with Crippen LogP contribution in [-0.2, 0) is 30.8 Å². The highest BCUT2D eigenvalue weighted by Crippen LogP contribution is 2.35. The molecule has 0 aromatic heterocycles. The summed E-state index contributed by atoms with van der Waals surface area (Å²) < 4.78 is 50.2. The largest absolute Gasteiger partial charge is 0.463 e. The molecule has 1 N–H and O–H groups in total. The molecule has 42 heavy (non-hydrogen) atoms. The van der Waals surface area contributed by atoms with Gasteiger partial charge in [0.2, 0.25) is 15.8 Å². The molecule has 2 heterocycles. The maximum atomic E-state index is 12.4. The summed E-state index contributed by atoms with van der Waals surface area (Å²) in [5.41, 5.74) is 2.58. The van der Waals surface area contributed by atoms with Crippen LogP contribution in [0.3, 0.4) is 0 Å². The Kier molecular flexibility index (Phi) is 10.9. The normalized spacial score (nSPS) is 17.8. The number of cyclic esters (lactones) is 1. The van der Waals surface area contributed by atoms with Crippen molar-refractivity contribution in [2.75, 3.05) is 26.3 Å². The predicted octanol–water partition coefficient (Wildman–Crippen LogP) is 5.53. The Morgan fingerprint density at radius 2 is 1.90 bits per heavy atom. The predicted molar refractivity (Wildman–Crippen MR) is 159 cm³/mol. The number of nitrogens with one attached hydrogen (secondary N) is 1. The third-order valence-electron chi connectivity index (χ3n) is 6.88. The molecule has 2 aliphatic rings. The van der Waals surface area contributed by atoms with E-state index in [0.29, 0.717) is 44.9 Å². The van der Waals surface area contributed by atoms with Gasteiger partial charge in [-0.25, -0.2) is 17.9 Å². The number of amides is 1. The number of sulfonamides is 1. The van der Waals surface area contributed by atoms with E-state index in [1.165, 1.54) is 0 Å².